The molecule has 3 nitrogen and oxygen atoms in total. The number of ether oxygens (including phenoxy) is 1. The van der Waals surface area contributed by atoms with E-state index in [9.17, 15) is 9.18 Å². The van der Waals surface area contributed by atoms with Gasteiger partial charge in [-0.05, 0) is 80.8 Å². The van der Waals surface area contributed by atoms with Crippen LogP contribution in [0.15, 0.2) is 18.2 Å². The fraction of sp³-hybridized carbons (Fsp3) is 0.667. The Balaban J connectivity index is 1.88. The number of fused-ring (bicyclic) bond motifs is 2. The Kier molecular flexibility index (Phi) is 5.47. The van der Waals surface area contributed by atoms with Gasteiger partial charge < -0.3 is 9.64 Å². The van der Waals surface area contributed by atoms with Crippen molar-refractivity contribution in [3.05, 3.63) is 29.6 Å². The highest BCUT2D eigenvalue weighted by Crippen LogP contribution is 2.52. The van der Waals surface area contributed by atoms with Crippen LogP contribution >= 0.6 is 0 Å². The zero-order valence-electron chi connectivity index (χ0n) is 15.8. The number of hydrogen-bond donors (Lipinski definition) is 0. The van der Waals surface area contributed by atoms with E-state index in [1.54, 1.807) is 26.0 Å². The van der Waals surface area contributed by atoms with Gasteiger partial charge in [-0.15, -0.1) is 0 Å². The Morgan fingerprint density at radius 3 is 2.72 bits per heavy atom. The maximum atomic E-state index is 14.7. The van der Waals surface area contributed by atoms with E-state index in [4.69, 9.17) is 4.74 Å². The van der Waals surface area contributed by atoms with E-state index in [2.05, 4.69) is 19.0 Å². The van der Waals surface area contributed by atoms with Gasteiger partial charge in [0.15, 0.2) is 0 Å². The summed E-state index contributed by atoms with van der Waals surface area (Å²) in [5.41, 5.74) is 0.734. The summed E-state index contributed by atoms with van der Waals surface area (Å²) in [6.45, 7) is 4.59. The van der Waals surface area contributed by atoms with E-state index >= 15 is 0 Å². The van der Waals surface area contributed by atoms with E-state index in [0.29, 0.717) is 17.6 Å². The molecule has 25 heavy (non-hydrogen) atoms. The van der Waals surface area contributed by atoms with Crippen molar-refractivity contribution in [2.75, 3.05) is 20.6 Å². The summed E-state index contributed by atoms with van der Waals surface area (Å²) in [4.78, 5) is 14.1. The normalized spacial score (nSPS) is 28.6. The molecule has 0 spiro atoms. The SMILES string of the molecule is CC(C)C(=O)Oc1ccc(F)c([C@@H]2C[C@H]3CC[C@H](C3)[C@@H]2CN(C)C)c1. The molecule has 0 aromatic heterocycles. The lowest BCUT2D eigenvalue weighted by atomic mass is 9.69. The molecule has 1 aromatic carbocycles. The molecule has 2 fully saturated rings. The van der Waals surface area contributed by atoms with E-state index in [1.807, 2.05) is 0 Å². The van der Waals surface area contributed by atoms with Crippen LogP contribution in [0.1, 0.15) is 51.0 Å². The molecule has 0 radical (unpaired) electrons. The first kappa shape index (κ1) is 18.4. The molecule has 2 aliphatic carbocycles. The molecule has 138 valence electrons. The van der Waals surface area contributed by atoms with Crippen molar-refractivity contribution in [3.63, 3.8) is 0 Å². The van der Waals surface area contributed by atoms with Crippen LogP contribution in [-0.2, 0) is 4.79 Å². The average Bonchev–Trinajstić information content (AvgIpc) is 2.94. The van der Waals surface area contributed by atoms with Crippen LogP contribution < -0.4 is 4.74 Å². The second-order valence-electron chi connectivity index (χ2n) is 8.47. The largest absolute Gasteiger partial charge is 0.426 e. The Labute approximate surface area is 150 Å². The fourth-order valence-corrected chi connectivity index (χ4v) is 4.74. The van der Waals surface area contributed by atoms with Crippen LogP contribution in [0.25, 0.3) is 0 Å². The van der Waals surface area contributed by atoms with Crippen molar-refractivity contribution in [2.45, 2.75) is 45.4 Å². The summed E-state index contributed by atoms with van der Waals surface area (Å²) >= 11 is 0. The summed E-state index contributed by atoms with van der Waals surface area (Å²) in [7, 11) is 4.19. The number of benzene rings is 1. The highest BCUT2D eigenvalue weighted by Gasteiger charge is 2.43. The molecule has 4 atom stereocenters. The van der Waals surface area contributed by atoms with Gasteiger partial charge in [-0.25, -0.2) is 4.39 Å². The summed E-state index contributed by atoms with van der Waals surface area (Å²) in [5, 5.41) is 0. The molecule has 0 unspecified atom stereocenters. The van der Waals surface area contributed by atoms with Gasteiger partial charge in [-0.1, -0.05) is 20.3 Å². The predicted molar refractivity (Wildman–Crippen MR) is 97.1 cm³/mol. The zero-order valence-corrected chi connectivity index (χ0v) is 15.8. The maximum Gasteiger partial charge on any atom is 0.313 e. The smallest absolute Gasteiger partial charge is 0.313 e. The predicted octanol–water partition coefficient (Wildman–Crippen LogP) is 4.47. The van der Waals surface area contributed by atoms with Gasteiger partial charge >= 0.3 is 5.97 Å². The molecule has 2 saturated carbocycles. The number of esters is 1. The summed E-state index contributed by atoms with van der Waals surface area (Å²) in [5.74, 6) is 1.93. The number of carbonyl (C=O) groups is 1. The third-order valence-electron chi connectivity index (χ3n) is 5.92. The minimum Gasteiger partial charge on any atom is -0.426 e. The van der Waals surface area contributed by atoms with Crippen molar-refractivity contribution in [1.82, 2.24) is 4.90 Å². The van der Waals surface area contributed by atoms with Gasteiger partial charge in [0, 0.05) is 6.54 Å². The molecule has 0 saturated heterocycles. The molecular formula is C21H30FNO2. The zero-order chi connectivity index (χ0) is 18.1. The number of carbonyl (C=O) groups excluding carboxylic acids is 1. The van der Waals surface area contributed by atoms with Gasteiger partial charge in [-0.3, -0.25) is 4.79 Å². The Morgan fingerprint density at radius 1 is 1.28 bits per heavy atom. The van der Waals surface area contributed by atoms with Gasteiger partial charge in [0.2, 0.25) is 0 Å². The monoisotopic (exact) mass is 347 g/mol. The lowest BCUT2D eigenvalue weighted by Gasteiger charge is -2.38. The minimum absolute atomic E-state index is 0.167. The quantitative estimate of drug-likeness (QED) is 0.581. The minimum atomic E-state index is -0.272. The Hall–Kier alpha value is -1.42. The topological polar surface area (TPSA) is 29.5 Å². The first-order valence-electron chi connectivity index (χ1n) is 9.51. The van der Waals surface area contributed by atoms with Gasteiger partial charge in [0.1, 0.15) is 11.6 Å². The van der Waals surface area contributed by atoms with Crippen molar-refractivity contribution in [3.8, 4) is 5.75 Å². The molecule has 0 aliphatic heterocycles. The maximum absolute atomic E-state index is 14.7. The van der Waals surface area contributed by atoms with Crippen molar-refractivity contribution in [2.24, 2.45) is 23.7 Å². The number of halogens is 1. The van der Waals surface area contributed by atoms with Crippen molar-refractivity contribution in [1.29, 1.82) is 0 Å². The van der Waals surface area contributed by atoms with Crippen LogP contribution in [0.2, 0.25) is 0 Å². The van der Waals surface area contributed by atoms with E-state index in [0.717, 1.165) is 24.4 Å². The molecule has 0 heterocycles. The highest BCUT2D eigenvalue weighted by molar-refractivity contribution is 5.74. The van der Waals surface area contributed by atoms with Crippen LogP contribution in [0.3, 0.4) is 0 Å². The lowest BCUT2D eigenvalue weighted by Crippen LogP contribution is -2.35. The molecular weight excluding hydrogens is 317 g/mol. The van der Waals surface area contributed by atoms with Gasteiger partial charge in [-0.2, -0.15) is 0 Å². The third kappa shape index (κ3) is 4.05. The van der Waals surface area contributed by atoms with Crippen LogP contribution in [0, 0.1) is 29.5 Å². The van der Waals surface area contributed by atoms with Crippen molar-refractivity contribution >= 4 is 5.97 Å². The van der Waals surface area contributed by atoms with Gasteiger partial charge in [0.05, 0.1) is 5.92 Å². The van der Waals surface area contributed by atoms with Gasteiger partial charge in [0.25, 0.3) is 0 Å². The van der Waals surface area contributed by atoms with Crippen LogP contribution in [0.5, 0.6) is 5.75 Å². The summed E-state index contributed by atoms with van der Waals surface area (Å²) in [6.07, 6.45) is 4.88. The molecule has 3 rings (SSSR count). The summed E-state index contributed by atoms with van der Waals surface area (Å²) in [6, 6.07) is 4.80. The van der Waals surface area contributed by atoms with E-state index in [-0.39, 0.29) is 23.6 Å². The number of rotatable bonds is 5. The second-order valence-corrected chi connectivity index (χ2v) is 8.47. The third-order valence-corrected chi connectivity index (χ3v) is 5.92. The second kappa shape index (κ2) is 7.45. The Morgan fingerprint density at radius 2 is 2.04 bits per heavy atom. The van der Waals surface area contributed by atoms with Crippen LogP contribution in [0.4, 0.5) is 4.39 Å². The lowest BCUT2D eigenvalue weighted by molar-refractivity contribution is -0.137. The average molecular weight is 347 g/mol. The molecule has 2 aliphatic rings. The van der Waals surface area contributed by atoms with Crippen LogP contribution in [-0.4, -0.2) is 31.5 Å². The first-order valence-corrected chi connectivity index (χ1v) is 9.51. The number of hydrogen-bond acceptors (Lipinski definition) is 3. The highest BCUT2D eigenvalue weighted by atomic mass is 19.1. The molecule has 2 bridgehead atoms. The molecule has 0 N–H and O–H groups in total. The van der Waals surface area contributed by atoms with Crippen molar-refractivity contribution < 1.29 is 13.9 Å². The summed E-state index contributed by atoms with van der Waals surface area (Å²) < 4.78 is 20.1. The molecule has 0 amide bonds. The molecule has 1 aromatic rings. The fourth-order valence-electron chi connectivity index (χ4n) is 4.74. The Bertz CT molecular complexity index is 628. The van der Waals surface area contributed by atoms with E-state index < -0.39 is 0 Å². The number of nitrogens with zero attached hydrogens (tertiary/aromatic N) is 1. The first-order chi connectivity index (χ1) is 11.8. The standard InChI is InChI=1S/C21H30FNO2/c1-13(2)21(24)25-16-7-8-20(22)18(11-16)17-10-14-5-6-15(9-14)19(17)12-23(3)4/h7-8,11,13-15,17,19H,5-6,9-10,12H2,1-4H3/t14-,15+,17-,19-/m0/s1. The molecule has 4 heteroatoms. The van der Waals surface area contributed by atoms with E-state index in [1.165, 1.54) is 25.3 Å².